The van der Waals surface area contributed by atoms with E-state index in [1.54, 1.807) is 6.20 Å². The number of rotatable bonds is 5. The van der Waals surface area contributed by atoms with Gasteiger partial charge in [-0.15, -0.1) is 0 Å². The van der Waals surface area contributed by atoms with E-state index in [0.29, 0.717) is 5.92 Å². The highest BCUT2D eigenvalue weighted by Crippen LogP contribution is 1.92. The minimum absolute atomic E-state index is 0.614. The predicted molar refractivity (Wildman–Crippen MR) is 47.9 cm³/mol. The normalized spacial score (nSPS) is 10.9. The van der Waals surface area contributed by atoms with Gasteiger partial charge in [-0.3, -0.25) is 4.68 Å². The predicted octanol–water partition coefficient (Wildman–Crippen LogP) is 1.56. The maximum absolute atomic E-state index is 5.41. The van der Waals surface area contributed by atoms with Crippen molar-refractivity contribution in [3.63, 3.8) is 0 Å². The van der Waals surface area contributed by atoms with Gasteiger partial charge in [0.25, 0.3) is 0 Å². The fourth-order valence-corrected chi connectivity index (χ4v) is 0.910. The Morgan fingerprint density at radius 1 is 1.50 bits per heavy atom. The van der Waals surface area contributed by atoms with E-state index < -0.39 is 0 Å². The van der Waals surface area contributed by atoms with Crippen LogP contribution in [0.15, 0.2) is 18.5 Å². The molecule has 1 aromatic rings. The number of hydrogen-bond donors (Lipinski definition) is 0. The third kappa shape index (κ3) is 3.53. The quantitative estimate of drug-likeness (QED) is 0.624. The smallest absolute Gasteiger partial charge is 0.0662 e. The van der Waals surface area contributed by atoms with Crippen LogP contribution in [-0.4, -0.2) is 23.0 Å². The Morgan fingerprint density at radius 3 is 2.92 bits per heavy atom. The van der Waals surface area contributed by atoms with Crippen LogP contribution in [0.25, 0.3) is 0 Å². The first-order valence-corrected chi connectivity index (χ1v) is 4.34. The Labute approximate surface area is 73.3 Å². The first kappa shape index (κ1) is 9.26. The molecular weight excluding hydrogens is 152 g/mol. The van der Waals surface area contributed by atoms with Crippen molar-refractivity contribution in [3.8, 4) is 0 Å². The molecule has 0 saturated carbocycles. The molecule has 0 aromatic carbocycles. The van der Waals surface area contributed by atoms with Crippen molar-refractivity contribution in [1.29, 1.82) is 0 Å². The monoisotopic (exact) mass is 168 g/mol. The molecule has 0 saturated heterocycles. The van der Waals surface area contributed by atoms with Crippen LogP contribution in [0.3, 0.4) is 0 Å². The van der Waals surface area contributed by atoms with Crippen LogP contribution in [0.5, 0.6) is 0 Å². The maximum Gasteiger partial charge on any atom is 0.0662 e. The van der Waals surface area contributed by atoms with Crippen LogP contribution < -0.4 is 0 Å². The maximum atomic E-state index is 5.41. The Balaban J connectivity index is 2.04. The molecule has 0 atom stereocenters. The third-order valence-electron chi connectivity index (χ3n) is 1.48. The van der Waals surface area contributed by atoms with Crippen LogP contribution in [0.1, 0.15) is 13.8 Å². The summed E-state index contributed by atoms with van der Waals surface area (Å²) in [5, 5.41) is 4.07. The summed E-state index contributed by atoms with van der Waals surface area (Å²) in [5.41, 5.74) is 0. The van der Waals surface area contributed by atoms with Crippen molar-refractivity contribution in [2.24, 2.45) is 5.92 Å². The second-order valence-electron chi connectivity index (χ2n) is 3.24. The summed E-state index contributed by atoms with van der Waals surface area (Å²) in [6.45, 7) is 6.72. The van der Waals surface area contributed by atoms with Gasteiger partial charge < -0.3 is 4.74 Å². The summed E-state index contributed by atoms with van der Waals surface area (Å²) >= 11 is 0. The highest BCUT2D eigenvalue weighted by Gasteiger charge is 1.94. The molecule has 0 bridgehead atoms. The lowest BCUT2D eigenvalue weighted by atomic mass is 10.2. The molecule has 0 spiro atoms. The first-order chi connectivity index (χ1) is 5.79. The summed E-state index contributed by atoms with van der Waals surface area (Å²) in [6.07, 6.45) is 3.72. The minimum atomic E-state index is 0.614. The molecule has 1 heterocycles. The largest absolute Gasteiger partial charge is 0.379 e. The topological polar surface area (TPSA) is 27.1 Å². The summed E-state index contributed by atoms with van der Waals surface area (Å²) in [4.78, 5) is 0. The van der Waals surface area contributed by atoms with Crippen LogP contribution in [0.2, 0.25) is 0 Å². The molecule has 1 rings (SSSR count). The first-order valence-electron chi connectivity index (χ1n) is 4.34. The summed E-state index contributed by atoms with van der Waals surface area (Å²) in [5.74, 6) is 0.614. The van der Waals surface area contributed by atoms with Gasteiger partial charge in [-0.2, -0.15) is 5.10 Å². The zero-order valence-corrected chi connectivity index (χ0v) is 7.73. The van der Waals surface area contributed by atoms with Crippen LogP contribution in [0, 0.1) is 5.92 Å². The van der Waals surface area contributed by atoms with E-state index in [1.807, 2.05) is 16.9 Å². The fraction of sp³-hybridized carbons (Fsp3) is 0.667. The molecule has 0 unspecified atom stereocenters. The van der Waals surface area contributed by atoms with Gasteiger partial charge in [-0.25, -0.2) is 0 Å². The summed E-state index contributed by atoms with van der Waals surface area (Å²) < 4.78 is 7.28. The van der Waals surface area contributed by atoms with Gasteiger partial charge in [-0.1, -0.05) is 13.8 Å². The fourth-order valence-electron chi connectivity index (χ4n) is 0.910. The van der Waals surface area contributed by atoms with Crippen molar-refractivity contribution in [2.45, 2.75) is 20.4 Å². The highest BCUT2D eigenvalue weighted by atomic mass is 16.5. The molecule has 0 aliphatic heterocycles. The van der Waals surface area contributed by atoms with E-state index in [0.717, 1.165) is 19.8 Å². The lowest BCUT2D eigenvalue weighted by molar-refractivity contribution is 0.101. The van der Waals surface area contributed by atoms with Gasteiger partial charge >= 0.3 is 0 Å². The molecule has 3 heteroatoms. The average molecular weight is 168 g/mol. The molecule has 68 valence electrons. The summed E-state index contributed by atoms with van der Waals surface area (Å²) in [6, 6.07) is 1.92. The van der Waals surface area contributed by atoms with Crippen molar-refractivity contribution >= 4 is 0 Å². The van der Waals surface area contributed by atoms with Crippen molar-refractivity contribution in [3.05, 3.63) is 18.5 Å². The third-order valence-corrected chi connectivity index (χ3v) is 1.48. The van der Waals surface area contributed by atoms with E-state index in [9.17, 15) is 0 Å². The van der Waals surface area contributed by atoms with Gasteiger partial charge in [0.2, 0.25) is 0 Å². The van der Waals surface area contributed by atoms with E-state index >= 15 is 0 Å². The van der Waals surface area contributed by atoms with Crippen LogP contribution in [-0.2, 0) is 11.3 Å². The molecule has 0 amide bonds. The Morgan fingerprint density at radius 2 is 2.33 bits per heavy atom. The molecule has 12 heavy (non-hydrogen) atoms. The van der Waals surface area contributed by atoms with Crippen LogP contribution in [0.4, 0.5) is 0 Å². The van der Waals surface area contributed by atoms with Gasteiger partial charge in [0.1, 0.15) is 0 Å². The lowest BCUT2D eigenvalue weighted by Gasteiger charge is -2.06. The van der Waals surface area contributed by atoms with Crippen LogP contribution >= 0.6 is 0 Å². The number of hydrogen-bond acceptors (Lipinski definition) is 2. The average Bonchev–Trinajstić information content (AvgIpc) is 2.49. The molecule has 3 nitrogen and oxygen atoms in total. The standard InChI is InChI=1S/C9H16N2O/c1-9(2)8-12-7-6-11-5-3-4-10-11/h3-5,9H,6-8H2,1-2H3. The van der Waals surface area contributed by atoms with Crippen molar-refractivity contribution in [2.75, 3.05) is 13.2 Å². The second kappa shape index (κ2) is 4.93. The Kier molecular flexibility index (Phi) is 3.80. The van der Waals surface area contributed by atoms with Crippen molar-refractivity contribution < 1.29 is 4.74 Å². The summed E-state index contributed by atoms with van der Waals surface area (Å²) in [7, 11) is 0. The van der Waals surface area contributed by atoms with Gasteiger partial charge in [0.05, 0.1) is 13.2 Å². The van der Waals surface area contributed by atoms with E-state index in [4.69, 9.17) is 4.74 Å². The number of nitrogens with zero attached hydrogens (tertiary/aromatic N) is 2. The second-order valence-corrected chi connectivity index (χ2v) is 3.24. The van der Waals surface area contributed by atoms with E-state index in [-0.39, 0.29) is 0 Å². The Bertz CT molecular complexity index is 194. The molecule has 0 aliphatic rings. The highest BCUT2D eigenvalue weighted by molar-refractivity contribution is 4.77. The van der Waals surface area contributed by atoms with Crippen molar-refractivity contribution in [1.82, 2.24) is 9.78 Å². The molecule has 0 N–H and O–H groups in total. The zero-order chi connectivity index (χ0) is 8.81. The molecule has 0 radical (unpaired) electrons. The zero-order valence-electron chi connectivity index (χ0n) is 7.73. The molecule has 1 aromatic heterocycles. The lowest BCUT2D eigenvalue weighted by Crippen LogP contribution is -2.09. The van der Waals surface area contributed by atoms with Gasteiger partial charge in [-0.05, 0) is 12.0 Å². The molecular formula is C9H16N2O. The van der Waals surface area contributed by atoms with Gasteiger partial charge in [0, 0.05) is 19.0 Å². The molecule has 0 fully saturated rings. The number of aromatic nitrogens is 2. The van der Waals surface area contributed by atoms with E-state index in [1.165, 1.54) is 0 Å². The van der Waals surface area contributed by atoms with Gasteiger partial charge in [0.15, 0.2) is 0 Å². The Hall–Kier alpha value is -0.830. The SMILES string of the molecule is CC(C)COCCn1cccn1. The minimum Gasteiger partial charge on any atom is -0.379 e. The molecule has 0 aliphatic carbocycles. The number of ether oxygens (including phenoxy) is 1. The van der Waals surface area contributed by atoms with E-state index in [2.05, 4.69) is 18.9 Å².